The molecule has 8 nitrogen and oxygen atoms in total. The molecule has 2 aromatic heterocycles. The van der Waals surface area contributed by atoms with Gasteiger partial charge in [0.1, 0.15) is 11.6 Å². The van der Waals surface area contributed by atoms with Crippen LogP contribution in [-0.2, 0) is 4.74 Å². The molecule has 1 saturated heterocycles. The van der Waals surface area contributed by atoms with Crippen molar-refractivity contribution in [1.29, 1.82) is 0 Å². The first-order chi connectivity index (χ1) is 17.1. The van der Waals surface area contributed by atoms with Crippen molar-refractivity contribution in [2.75, 3.05) is 30.4 Å². The highest BCUT2D eigenvalue weighted by Crippen LogP contribution is 2.31. The highest BCUT2D eigenvalue weighted by molar-refractivity contribution is 5.97. The van der Waals surface area contributed by atoms with Gasteiger partial charge in [-0.3, -0.25) is 4.79 Å². The van der Waals surface area contributed by atoms with Gasteiger partial charge in [-0.1, -0.05) is 12.1 Å². The third-order valence-electron chi connectivity index (χ3n) is 7.54. The molecule has 0 bridgehead atoms. The molecule has 1 aromatic carbocycles. The minimum atomic E-state index is 0.0149. The second-order valence-corrected chi connectivity index (χ2v) is 10.3. The Balaban J connectivity index is 1.31. The van der Waals surface area contributed by atoms with Gasteiger partial charge in [-0.05, 0) is 75.0 Å². The predicted molar refractivity (Wildman–Crippen MR) is 137 cm³/mol. The van der Waals surface area contributed by atoms with Gasteiger partial charge in [0.25, 0.3) is 5.91 Å². The van der Waals surface area contributed by atoms with E-state index in [1.807, 2.05) is 29.8 Å². The van der Waals surface area contributed by atoms with Crippen LogP contribution in [0.25, 0.3) is 16.8 Å². The van der Waals surface area contributed by atoms with E-state index < -0.39 is 0 Å². The second-order valence-electron chi connectivity index (χ2n) is 10.3. The van der Waals surface area contributed by atoms with Crippen LogP contribution in [0.1, 0.15) is 60.9 Å². The molecule has 3 N–H and O–H groups in total. The van der Waals surface area contributed by atoms with Gasteiger partial charge in [0, 0.05) is 49.0 Å². The third kappa shape index (κ3) is 4.85. The lowest BCUT2D eigenvalue weighted by molar-refractivity contribution is 0.0699. The van der Waals surface area contributed by atoms with Crippen LogP contribution in [0.5, 0.6) is 0 Å². The second kappa shape index (κ2) is 9.49. The van der Waals surface area contributed by atoms with Crippen LogP contribution in [0.4, 0.5) is 11.6 Å². The Bertz CT molecular complexity index is 1220. The highest BCUT2D eigenvalue weighted by atomic mass is 16.5. The van der Waals surface area contributed by atoms with Crippen LogP contribution in [0.3, 0.4) is 0 Å². The first-order valence-corrected chi connectivity index (χ1v) is 13.0. The summed E-state index contributed by atoms with van der Waals surface area (Å²) in [4.78, 5) is 17.6. The minimum absolute atomic E-state index is 0.0149. The molecule has 0 atom stereocenters. The molecule has 184 valence electrons. The molecule has 35 heavy (non-hydrogen) atoms. The Morgan fingerprint density at radius 3 is 2.63 bits per heavy atom. The molecule has 3 heterocycles. The Kier molecular flexibility index (Phi) is 6.06. The zero-order valence-electron chi connectivity index (χ0n) is 20.3. The first-order valence-electron chi connectivity index (χ1n) is 13.0. The molecule has 0 radical (unpaired) electrons. The Labute approximate surface area is 205 Å². The average molecular weight is 475 g/mol. The van der Waals surface area contributed by atoms with Crippen molar-refractivity contribution in [3.8, 4) is 11.1 Å². The van der Waals surface area contributed by atoms with E-state index in [2.05, 4.69) is 28.1 Å². The molecular weight excluding hydrogens is 440 g/mol. The number of nitrogens with one attached hydrogen (secondary N) is 3. The zero-order valence-corrected chi connectivity index (χ0v) is 20.3. The van der Waals surface area contributed by atoms with Crippen molar-refractivity contribution in [2.24, 2.45) is 5.92 Å². The summed E-state index contributed by atoms with van der Waals surface area (Å²) >= 11 is 0. The normalized spacial score (nSPS) is 18.9. The SMILES string of the molecule is Cc1cc(-c2cnn3c(NCC4CCOCC4)cc(NC4CCC4)nc23)ccc1C(=O)NC1CC1. The first kappa shape index (κ1) is 22.3. The summed E-state index contributed by atoms with van der Waals surface area (Å²) in [5.74, 6) is 2.45. The van der Waals surface area contributed by atoms with E-state index in [4.69, 9.17) is 14.8 Å². The number of carbonyl (C=O) groups excluding carboxylic acids is 1. The molecule has 0 unspecified atom stereocenters. The number of aryl methyl sites for hydroxylation is 1. The zero-order chi connectivity index (χ0) is 23.8. The Hall–Kier alpha value is -3.13. The van der Waals surface area contributed by atoms with Crippen LogP contribution in [0.15, 0.2) is 30.5 Å². The highest BCUT2D eigenvalue weighted by Gasteiger charge is 2.25. The Morgan fingerprint density at radius 1 is 1.09 bits per heavy atom. The molecule has 1 aliphatic heterocycles. The molecule has 1 amide bonds. The molecule has 6 rings (SSSR count). The summed E-state index contributed by atoms with van der Waals surface area (Å²) < 4.78 is 7.43. The molecule has 2 saturated carbocycles. The van der Waals surface area contributed by atoms with Crippen molar-refractivity contribution in [3.63, 3.8) is 0 Å². The van der Waals surface area contributed by atoms with Crippen molar-refractivity contribution < 1.29 is 9.53 Å². The maximum absolute atomic E-state index is 12.6. The third-order valence-corrected chi connectivity index (χ3v) is 7.54. The van der Waals surface area contributed by atoms with Gasteiger partial charge in [-0.25, -0.2) is 4.98 Å². The number of nitrogens with zero attached hydrogens (tertiary/aromatic N) is 3. The van der Waals surface area contributed by atoms with E-state index in [9.17, 15) is 4.79 Å². The van der Waals surface area contributed by atoms with Crippen LogP contribution >= 0.6 is 0 Å². The molecule has 3 fully saturated rings. The topological polar surface area (TPSA) is 92.6 Å². The lowest BCUT2D eigenvalue weighted by Gasteiger charge is -2.27. The number of rotatable bonds is 8. The lowest BCUT2D eigenvalue weighted by Crippen LogP contribution is -2.28. The van der Waals surface area contributed by atoms with Gasteiger partial charge in [-0.15, -0.1) is 0 Å². The number of fused-ring (bicyclic) bond motifs is 1. The van der Waals surface area contributed by atoms with E-state index in [-0.39, 0.29) is 5.91 Å². The number of ether oxygens (including phenoxy) is 1. The van der Waals surface area contributed by atoms with Crippen molar-refractivity contribution in [3.05, 3.63) is 41.6 Å². The van der Waals surface area contributed by atoms with Crippen LogP contribution < -0.4 is 16.0 Å². The van der Waals surface area contributed by atoms with E-state index in [1.54, 1.807) is 0 Å². The summed E-state index contributed by atoms with van der Waals surface area (Å²) in [7, 11) is 0. The fourth-order valence-electron chi connectivity index (χ4n) is 4.90. The van der Waals surface area contributed by atoms with Gasteiger partial charge in [0.2, 0.25) is 0 Å². The number of carbonyl (C=O) groups is 1. The molecular formula is C27H34N6O2. The summed E-state index contributed by atoms with van der Waals surface area (Å²) in [5.41, 5.74) is 4.49. The maximum atomic E-state index is 12.6. The lowest BCUT2D eigenvalue weighted by atomic mass is 9.93. The standard InChI is InChI=1S/C27H34N6O2/c1-17-13-19(5-8-22(17)27(34)31-21-6-7-21)23-16-29-33-25(28-15-18-9-11-35-12-10-18)14-24(32-26(23)33)30-20-3-2-4-20/h5,8,13-14,16,18,20-21,28H,2-4,6-7,9-12,15H2,1H3,(H,30,32)(H,31,34). The summed E-state index contributed by atoms with van der Waals surface area (Å²) in [6.45, 7) is 4.57. The smallest absolute Gasteiger partial charge is 0.251 e. The van der Waals surface area contributed by atoms with Gasteiger partial charge in [0.05, 0.1) is 6.20 Å². The van der Waals surface area contributed by atoms with Crippen LogP contribution in [0.2, 0.25) is 0 Å². The molecule has 8 heteroatoms. The largest absolute Gasteiger partial charge is 0.381 e. The molecule has 2 aliphatic carbocycles. The number of benzene rings is 1. The van der Waals surface area contributed by atoms with E-state index in [1.165, 1.54) is 19.3 Å². The van der Waals surface area contributed by atoms with Crippen molar-refractivity contribution >= 4 is 23.2 Å². The Morgan fingerprint density at radius 2 is 1.91 bits per heavy atom. The van der Waals surface area contributed by atoms with Crippen LogP contribution in [0, 0.1) is 12.8 Å². The number of hydrogen-bond donors (Lipinski definition) is 3. The van der Waals surface area contributed by atoms with Crippen LogP contribution in [-0.4, -0.2) is 52.3 Å². The number of amides is 1. The minimum Gasteiger partial charge on any atom is -0.381 e. The molecule has 3 aromatic rings. The fraction of sp³-hybridized carbons (Fsp3) is 0.519. The van der Waals surface area contributed by atoms with Gasteiger partial charge >= 0.3 is 0 Å². The predicted octanol–water partition coefficient (Wildman–Crippen LogP) is 4.40. The maximum Gasteiger partial charge on any atom is 0.251 e. The van der Waals surface area contributed by atoms with Crippen molar-refractivity contribution in [1.82, 2.24) is 19.9 Å². The monoisotopic (exact) mass is 474 g/mol. The summed E-state index contributed by atoms with van der Waals surface area (Å²) in [6.07, 6.45) is 9.86. The van der Waals surface area contributed by atoms with Gasteiger partial charge in [-0.2, -0.15) is 9.61 Å². The average Bonchev–Trinajstić information content (AvgIpc) is 3.55. The van der Waals surface area contributed by atoms with Gasteiger partial charge in [0.15, 0.2) is 5.65 Å². The molecule has 3 aliphatic rings. The van der Waals surface area contributed by atoms with E-state index in [0.29, 0.717) is 18.0 Å². The fourth-order valence-corrected chi connectivity index (χ4v) is 4.90. The van der Waals surface area contributed by atoms with Gasteiger partial charge < -0.3 is 20.7 Å². The molecule has 0 spiro atoms. The number of aromatic nitrogens is 3. The summed E-state index contributed by atoms with van der Waals surface area (Å²) in [6, 6.07) is 8.92. The number of hydrogen-bond acceptors (Lipinski definition) is 6. The van der Waals surface area contributed by atoms with E-state index in [0.717, 1.165) is 85.0 Å². The van der Waals surface area contributed by atoms with Crippen molar-refractivity contribution in [2.45, 2.75) is 64.0 Å². The van der Waals surface area contributed by atoms with E-state index >= 15 is 0 Å². The summed E-state index contributed by atoms with van der Waals surface area (Å²) in [5, 5.41) is 15.1. The number of anilines is 2. The quantitative estimate of drug-likeness (QED) is 0.448.